The van der Waals surface area contributed by atoms with E-state index in [0.717, 1.165) is 48.4 Å². The van der Waals surface area contributed by atoms with Crippen LogP contribution >= 0.6 is 11.3 Å². The van der Waals surface area contributed by atoms with Gasteiger partial charge in [0.25, 0.3) is 0 Å². The highest BCUT2D eigenvalue weighted by molar-refractivity contribution is 7.18. The molecule has 1 saturated carbocycles. The highest BCUT2D eigenvalue weighted by Gasteiger charge is 2.32. The molecule has 2 aromatic rings. The first-order chi connectivity index (χ1) is 14.5. The van der Waals surface area contributed by atoms with E-state index in [1.807, 2.05) is 11.8 Å². The minimum Gasteiger partial charge on any atom is -0.352 e. The lowest BCUT2D eigenvalue weighted by Crippen LogP contribution is -2.51. The number of piperazine rings is 1. The van der Waals surface area contributed by atoms with Crippen LogP contribution in [-0.2, 0) is 16.0 Å². The van der Waals surface area contributed by atoms with Crippen molar-refractivity contribution in [1.82, 2.24) is 14.9 Å². The second kappa shape index (κ2) is 8.85. The molecular weight excluding hydrogens is 400 g/mol. The van der Waals surface area contributed by atoms with E-state index in [-0.39, 0.29) is 18.4 Å². The third kappa shape index (κ3) is 3.88. The Kier molecular flexibility index (Phi) is 6.19. The molecule has 0 spiro atoms. The average molecular weight is 431 g/mol. The molecular formula is C21H30N6O2S. The number of aryl methyl sites for hydroxylation is 1. The molecule has 1 aliphatic carbocycles. The van der Waals surface area contributed by atoms with Gasteiger partial charge in [-0.15, -0.1) is 11.3 Å². The number of amides is 2. The Balaban J connectivity index is 1.62. The Morgan fingerprint density at radius 3 is 2.50 bits per heavy atom. The van der Waals surface area contributed by atoms with Crippen molar-refractivity contribution in [3.8, 4) is 0 Å². The van der Waals surface area contributed by atoms with Gasteiger partial charge in [0.05, 0.1) is 11.9 Å². The van der Waals surface area contributed by atoms with Crippen LogP contribution in [0.1, 0.15) is 38.0 Å². The zero-order chi connectivity index (χ0) is 21.3. The lowest BCUT2D eigenvalue weighted by Gasteiger charge is -2.39. The van der Waals surface area contributed by atoms with Crippen molar-refractivity contribution in [1.29, 1.82) is 0 Å². The van der Waals surface area contributed by atoms with Crippen molar-refractivity contribution >= 4 is 45.1 Å². The Bertz CT molecular complexity index is 933. The van der Waals surface area contributed by atoms with Crippen LogP contribution < -0.4 is 15.5 Å². The fourth-order valence-electron chi connectivity index (χ4n) is 4.07. The smallest absolute Gasteiger partial charge is 0.243 e. The molecule has 2 aliphatic rings. The topological polar surface area (TPSA) is 95.7 Å². The summed E-state index contributed by atoms with van der Waals surface area (Å²) in [5, 5.41) is 1.02. The van der Waals surface area contributed by atoms with Gasteiger partial charge >= 0.3 is 0 Å². The summed E-state index contributed by atoms with van der Waals surface area (Å²) < 4.78 is 0. The molecule has 162 valence electrons. The molecule has 1 aliphatic heterocycles. The van der Waals surface area contributed by atoms with E-state index in [0.29, 0.717) is 31.5 Å². The van der Waals surface area contributed by atoms with Crippen molar-refractivity contribution in [2.75, 3.05) is 49.1 Å². The Morgan fingerprint density at radius 1 is 1.20 bits per heavy atom. The number of aromatic nitrogens is 2. The van der Waals surface area contributed by atoms with E-state index < -0.39 is 0 Å². The van der Waals surface area contributed by atoms with Gasteiger partial charge in [-0.05, 0) is 32.3 Å². The summed E-state index contributed by atoms with van der Waals surface area (Å²) in [6.45, 7) is 7.31. The van der Waals surface area contributed by atoms with Gasteiger partial charge in [0.15, 0.2) is 0 Å². The van der Waals surface area contributed by atoms with Gasteiger partial charge in [-0.2, -0.15) is 4.98 Å². The molecule has 4 rings (SSSR count). The third-order valence-electron chi connectivity index (χ3n) is 6.14. The third-order valence-corrected chi connectivity index (χ3v) is 7.31. The normalized spacial score (nSPS) is 17.3. The first-order valence-electron chi connectivity index (χ1n) is 10.9. The van der Waals surface area contributed by atoms with Crippen LogP contribution in [-0.4, -0.2) is 66.0 Å². The van der Waals surface area contributed by atoms with Crippen LogP contribution in [0.4, 0.5) is 11.8 Å². The van der Waals surface area contributed by atoms with Crippen LogP contribution in [0.15, 0.2) is 6.07 Å². The van der Waals surface area contributed by atoms with E-state index in [4.69, 9.17) is 15.7 Å². The lowest BCUT2D eigenvalue weighted by molar-refractivity contribution is -0.138. The number of nitrogens with two attached hydrogens (primary N) is 1. The van der Waals surface area contributed by atoms with E-state index in [2.05, 4.69) is 17.9 Å². The SMILES string of the molecule is CCc1cc2c(N3CCN(C(=O)C4CCC4)CC3)nc(N(CC)C(=O)CN)nc2s1. The Morgan fingerprint density at radius 2 is 1.93 bits per heavy atom. The predicted octanol–water partition coefficient (Wildman–Crippen LogP) is 2.01. The van der Waals surface area contributed by atoms with E-state index in [1.54, 1.807) is 16.2 Å². The van der Waals surface area contributed by atoms with Crippen LogP contribution in [0.3, 0.4) is 0 Å². The van der Waals surface area contributed by atoms with Gasteiger partial charge in [-0.1, -0.05) is 13.3 Å². The standard InChI is InChI=1S/C21H30N6O2S/c1-3-15-12-16-18(23-21(24-19(16)30-15)27(4-2)17(28)13-22)25-8-10-26(11-9-25)20(29)14-6-5-7-14/h12,14H,3-11,13,22H2,1-2H3. The zero-order valence-electron chi connectivity index (χ0n) is 17.8. The molecule has 0 atom stereocenters. The first-order valence-corrected chi connectivity index (χ1v) is 11.7. The number of fused-ring (bicyclic) bond motifs is 1. The summed E-state index contributed by atoms with van der Waals surface area (Å²) in [7, 11) is 0. The van der Waals surface area contributed by atoms with Gasteiger partial charge in [0.1, 0.15) is 10.6 Å². The van der Waals surface area contributed by atoms with Gasteiger partial charge in [-0.25, -0.2) is 4.98 Å². The minimum atomic E-state index is -0.189. The monoisotopic (exact) mass is 430 g/mol. The molecule has 0 radical (unpaired) electrons. The van der Waals surface area contributed by atoms with Crippen LogP contribution in [0.2, 0.25) is 0 Å². The molecule has 3 heterocycles. The molecule has 8 nitrogen and oxygen atoms in total. The fraction of sp³-hybridized carbons (Fsp3) is 0.619. The van der Waals surface area contributed by atoms with Crippen molar-refractivity contribution in [3.05, 3.63) is 10.9 Å². The summed E-state index contributed by atoms with van der Waals surface area (Å²) in [6.07, 6.45) is 4.17. The number of hydrogen-bond acceptors (Lipinski definition) is 7. The average Bonchev–Trinajstić information content (AvgIpc) is 3.15. The molecule has 2 fully saturated rings. The Hall–Kier alpha value is -2.26. The zero-order valence-corrected chi connectivity index (χ0v) is 18.6. The number of likely N-dealkylation sites (N-methyl/N-ethyl adjacent to an activating group) is 1. The van der Waals surface area contributed by atoms with Crippen molar-refractivity contribution in [3.63, 3.8) is 0 Å². The second-order valence-electron chi connectivity index (χ2n) is 7.91. The summed E-state index contributed by atoms with van der Waals surface area (Å²) >= 11 is 1.65. The lowest BCUT2D eigenvalue weighted by atomic mass is 9.84. The number of rotatable bonds is 6. The van der Waals surface area contributed by atoms with E-state index >= 15 is 0 Å². The Labute approximate surface area is 181 Å². The number of anilines is 2. The molecule has 2 aromatic heterocycles. The molecule has 9 heteroatoms. The highest BCUT2D eigenvalue weighted by atomic mass is 32.1. The molecule has 2 amide bonds. The predicted molar refractivity (Wildman–Crippen MR) is 120 cm³/mol. The summed E-state index contributed by atoms with van der Waals surface area (Å²) in [4.78, 5) is 42.3. The number of carbonyl (C=O) groups is 2. The molecule has 0 bridgehead atoms. The quantitative estimate of drug-likeness (QED) is 0.753. The molecule has 1 saturated heterocycles. The molecule has 2 N–H and O–H groups in total. The number of thiophene rings is 1. The summed E-state index contributed by atoms with van der Waals surface area (Å²) in [5.74, 6) is 1.62. The van der Waals surface area contributed by atoms with Gasteiger partial charge < -0.3 is 15.5 Å². The number of nitrogens with zero attached hydrogens (tertiary/aromatic N) is 5. The molecule has 0 unspecified atom stereocenters. The van der Waals surface area contributed by atoms with Gasteiger partial charge in [-0.3, -0.25) is 14.5 Å². The van der Waals surface area contributed by atoms with Crippen LogP contribution in [0.25, 0.3) is 10.2 Å². The maximum atomic E-state index is 12.6. The largest absolute Gasteiger partial charge is 0.352 e. The van der Waals surface area contributed by atoms with Gasteiger partial charge in [0, 0.05) is 43.5 Å². The fourth-order valence-corrected chi connectivity index (χ4v) is 5.03. The summed E-state index contributed by atoms with van der Waals surface area (Å²) in [5.41, 5.74) is 5.60. The summed E-state index contributed by atoms with van der Waals surface area (Å²) in [6, 6.07) is 2.16. The minimum absolute atomic E-state index is 0.0722. The second-order valence-corrected chi connectivity index (χ2v) is 9.03. The maximum absolute atomic E-state index is 12.6. The maximum Gasteiger partial charge on any atom is 0.243 e. The number of hydrogen-bond donors (Lipinski definition) is 1. The van der Waals surface area contributed by atoms with Crippen molar-refractivity contribution < 1.29 is 9.59 Å². The van der Waals surface area contributed by atoms with Gasteiger partial charge in [0.2, 0.25) is 17.8 Å². The van der Waals surface area contributed by atoms with E-state index in [1.165, 1.54) is 11.3 Å². The van der Waals surface area contributed by atoms with E-state index in [9.17, 15) is 9.59 Å². The van der Waals surface area contributed by atoms with Crippen molar-refractivity contribution in [2.45, 2.75) is 39.5 Å². The first kappa shape index (κ1) is 21.0. The van der Waals surface area contributed by atoms with Crippen LogP contribution in [0.5, 0.6) is 0 Å². The van der Waals surface area contributed by atoms with Crippen molar-refractivity contribution in [2.24, 2.45) is 11.7 Å². The molecule has 30 heavy (non-hydrogen) atoms. The molecule has 0 aromatic carbocycles. The van der Waals surface area contributed by atoms with Crippen LogP contribution in [0, 0.1) is 5.92 Å². The number of carbonyl (C=O) groups excluding carboxylic acids is 2. The highest BCUT2D eigenvalue weighted by Crippen LogP contribution is 2.34.